The van der Waals surface area contributed by atoms with E-state index in [1.54, 1.807) is 18.2 Å². The topological polar surface area (TPSA) is 92.5 Å². The summed E-state index contributed by atoms with van der Waals surface area (Å²) in [6.07, 6.45) is 0. The number of carbonyl (C=O) groups excluding carboxylic acids is 1. The van der Waals surface area contributed by atoms with Gasteiger partial charge in [0, 0.05) is 20.6 Å². The van der Waals surface area contributed by atoms with Crippen molar-refractivity contribution in [2.24, 2.45) is 0 Å². The second kappa shape index (κ2) is 8.03. The van der Waals surface area contributed by atoms with Crippen LogP contribution < -0.4 is 5.32 Å². The molecule has 0 radical (unpaired) electrons. The van der Waals surface area contributed by atoms with Gasteiger partial charge in [0.15, 0.2) is 0 Å². The molecule has 9 heteroatoms. The zero-order valence-corrected chi connectivity index (χ0v) is 16.2. The van der Waals surface area contributed by atoms with Crippen LogP contribution in [0.4, 0.5) is 0 Å². The smallest absolute Gasteiger partial charge is 0.256 e. The molecule has 25 heavy (non-hydrogen) atoms. The average Bonchev–Trinajstić information content (AvgIpc) is 2.89. The van der Waals surface area contributed by atoms with Gasteiger partial charge in [0.2, 0.25) is 15.9 Å². The first-order valence-electron chi connectivity index (χ1n) is 7.55. The summed E-state index contributed by atoms with van der Waals surface area (Å²) in [5.74, 6) is 0.642. The molecule has 1 N–H and O–H groups in total. The number of nitrogens with one attached hydrogen (secondary N) is 1. The monoisotopic (exact) mass is 383 g/mol. The molecule has 1 aromatic heterocycles. The summed E-state index contributed by atoms with van der Waals surface area (Å²) >= 11 is 1.20. The number of rotatable bonds is 7. The minimum absolute atomic E-state index is 0.131. The Balaban J connectivity index is 1.98. The van der Waals surface area contributed by atoms with E-state index in [0.717, 1.165) is 15.8 Å². The molecule has 0 aliphatic rings. The summed E-state index contributed by atoms with van der Waals surface area (Å²) < 4.78 is 31.2. The van der Waals surface area contributed by atoms with E-state index >= 15 is 0 Å². The van der Waals surface area contributed by atoms with Crippen molar-refractivity contribution >= 4 is 27.7 Å². The highest BCUT2D eigenvalue weighted by Crippen LogP contribution is 2.20. The van der Waals surface area contributed by atoms with Crippen LogP contribution in [0.25, 0.3) is 0 Å². The number of benzene rings is 1. The summed E-state index contributed by atoms with van der Waals surface area (Å²) in [4.78, 5) is 16.4. The fourth-order valence-corrected chi connectivity index (χ4v) is 3.83. The normalized spacial score (nSPS) is 11.7. The van der Waals surface area contributed by atoms with Gasteiger partial charge in [-0.25, -0.2) is 17.7 Å². The second-order valence-corrected chi connectivity index (χ2v) is 8.63. The number of hydrogen-bond acceptors (Lipinski definition) is 6. The maximum Gasteiger partial charge on any atom is 0.256 e. The Kier molecular flexibility index (Phi) is 6.26. The fraction of sp³-hybridized carbons (Fsp3) is 0.375. The summed E-state index contributed by atoms with van der Waals surface area (Å²) in [6, 6.07) is 6.61. The highest BCUT2D eigenvalue weighted by atomic mass is 32.2. The molecule has 0 spiro atoms. The molecular formula is C16H21N3O4S2. The van der Waals surface area contributed by atoms with Crippen LogP contribution in [0.2, 0.25) is 0 Å². The van der Waals surface area contributed by atoms with Crippen LogP contribution in [0.3, 0.4) is 0 Å². The number of aromatic nitrogens is 1. The molecule has 0 aliphatic carbocycles. The van der Waals surface area contributed by atoms with Crippen LogP contribution in [0.15, 0.2) is 38.8 Å². The van der Waals surface area contributed by atoms with Crippen LogP contribution in [0.5, 0.6) is 0 Å². The van der Waals surface area contributed by atoms with Crippen molar-refractivity contribution in [1.29, 1.82) is 0 Å². The molecule has 2 aromatic rings. The first kappa shape index (κ1) is 19.5. The largest absolute Gasteiger partial charge is 0.437 e. The van der Waals surface area contributed by atoms with Crippen LogP contribution in [0, 0.1) is 13.8 Å². The highest BCUT2D eigenvalue weighted by Gasteiger charge is 2.20. The average molecular weight is 383 g/mol. The van der Waals surface area contributed by atoms with Gasteiger partial charge in [-0.3, -0.25) is 4.79 Å². The van der Waals surface area contributed by atoms with E-state index in [0.29, 0.717) is 10.8 Å². The number of nitrogens with zero attached hydrogens (tertiary/aromatic N) is 2. The summed E-state index contributed by atoms with van der Waals surface area (Å²) in [5, 5.41) is 3.17. The lowest BCUT2D eigenvalue weighted by atomic mass is 10.2. The third kappa shape index (κ3) is 4.83. The molecule has 0 fully saturated rings. The van der Waals surface area contributed by atoms with Gasteiger partial charge in [-0.2, -0.15) is 0 Å². The second-order valence-electron chi connectivity index (χ2n) is 5.58. The summed E-state index contributed by atoms with van der Waals surface area (Å²) in [6.45, 7) is 3.78. The van der Waals surface area contributed by atoms with Crippen molar-refractivity contribution < 1.29 is 17.6 Å². The number of aryl methyl sites for hydroxylation is 2. The molecule has 7 nitrogen and oxygen atoms in total. The molecule has 0 aliphatic heterocycles. The van der Waals surface area contributed by atoms with Gasteiger partial charge in [-0.05, 0) is 25.5 Å². The Hall–Kier alpha value is -1.84. The van der Waals surface area contributed by atoms with Crippen LogP contribution >= 0.6 is 11.8 Å². The third-order valence-corrected chi connectivity index (χ3v) is 6.29. The number of hydrogen-bond donors (Lipinski definition) is 1. The van der Waals surface area contributed by atoms with Crippen molar-refractivity contribution in [1.82, 2.24) is 14.6 Å². The molecule has 2 rings (SSSR count). The summed E-state index contributed by atoms with van der Waals surface area (Å²) in [7, 11) is -0.613. The number of oxazole rings is 1. The maximum absolute atomic E-state index is 12.3. The molecule has 1 heterocycles. The quantitative estimate of drug-likeness (QED) is 0.735. The Morgan fingerprint density at radius 2 is 1.96 bits per heavy atom. The predicted molar refractivity (Wildman–Crippen MR) is 95.9 cm³/mol. The van der Waals surface area contributed by atoms with E-state index in [1.165, 1.54) is 31.9 Å². The molecule has 0 atom stereocenters. The minimum Gasteiger partial charge on any atom is -0.437 e. The van der Waals surface area contributed by atoms with Crippen molar-refractivity contribution in [3.8, 4) is 0 Å². The van der Waals surface area contributed by atoms with E-state index in [4.69, 9.17) is 4.42 Å². The maximum atomic E-state index is 12.3. The van der Waals surface area contributed by atoms with Gasteiger partial charge in [0.05, 0.1) is 16.3 Å². The van der Waals surface area contributed by atoms with Gasteiger partial charge < -0.3 is 9.73 Å². The minimum atomic E-state index is -3.56. The Bertz CT molecular complexity index is 841. The standard InChI is InChI=1S/C16H21N3O4S2/c1-11-12(2)23-16(18-11)24-10-15(20)17-9-13-7-5-6-8-14(13)25(21,22)19(3)4/h5-8H,9-10H2,1-4H3,(H,17,20). The van der Waals surface area contributed by atoms with E-state index < -0.39 is 10.0 Å². The zero-order valence-electron chi connectivity index (χ0n) is 14.6. The molecular weight excluding hydrogens is 362 g/mol. The first-order valence-corrected chi connectivity index (χ1v) is 9.98. The van der Waals surface area contributed by atoms with E-state index in [-0.39, 0.29) is 23.1 Å². The van der Waals surface area contributed by atoms with Crippen molar-refractivity contribution in [2.75, 3.05) is 19.8 Å². The van der Waals surface area contributed by atoms with Crippen LogP contribution in [-0.2, 0) is 21.4 Å². The molecule has 0 saturated carbocycles. The number of carbonyl (C=O) groups is 1. The van der Waals surface area contributed by atoms with Gasteiger partial charge >= 0.3 is 0 Å². The SMILES string of the molecule is Cc1nc(SCC(=O)NCc2ccccc2S(=O)(=O)N(C)C)oc1C. The molecule has 0 saturated heterocycles. The summed E-state index contributed by atoms with van der Waals surface area (Å²) in [5.41, 5.74) is 1.34. The van der Waals surface area contributed by atoms with Crippen molar-refractivity contribution in [2.45, 2.75) is 30.5 Å². The molecule has 1 aromatic carbocycles. The van der Waals surface area contributed by atoms with Gasteiger partial charge in [0.25, 0.3) is 5.22 Å². The molecule has 0 unspecified atom stereocenters. The van der Waals surface area contributed by atoms with E-state index in [2.05, 4.69) is 10.3 Å². The Morgan fingerprint density at radius 3 is 2.56 bits per heavy atom. The molecule has 136 valence electrons. The lowest BCUT2D eigenvalue weighted by Crippen LogP contribution is -2.27. The van der Waals surface area contributed by atoms with E-state index in [9.17, 15) is 13.2 Å². The van der Waals surface area contributed by atoms with Crippen LogP contribution in [0.1, 0.15) is 17.0 Å². The fourth-order valence-electron chi connectivity index (χ4n) is 1.98. The van der Waals surface area contributed by atoms with Crippen molar-refractivity contribution in [3.05, 3.63) is 41.3 Å². The Morgan fingerprint density at radius 1 is 1.28 bits per heavy atom. The van der Waals surface area contributed by atoms with Crippen molar-refractivity contribution in [3.63, 3.8) is 0 Å². The van der Waals surface area contributed by atoms with Gasteiger partial charge in [-0.1, -0.05) is 30.0 Å². The van der Waals surface area contributed by atoms with E-state index in [1.807, 2.05) is 13.8 Å². The number of amides is 1. The third-order valence-electron chi connectivity index (χ3n) is 3.54. The van der Waals surface area contributed by atoms with Gasteiger partial charge in [0.1, 0.15) is 5.76 Å². The lowest BCUT2D eigenvalue weighted by Gasteiger charge is -2.15. The molecule has 1 amide bonds. The first-order chi connectivity index (χ1) is 11.7. The molecule has 0 bridgehead atoms. The lowest BCUT2D eigenvalue weighted by molar-refractivity contribution is -0.118. The zero-order chi connectivity index (χ0) is 18.6. The Labute approximate surface area is 151 Å². The highest BCUT2D eigenvalue weighted by molar-refractivity contribution is 7.99. The van der Waals surface area contributed by atoms with Gasteiger partial charge in [-0.15, -0.1) is 0 Å². The number of sulfonamides is 1. The predicted octanol–water partition coefficient (Wildman–Crippen LogP) is 1.95. The van der Waals surface area contributed by atoms with Crippen LogP contribution in [-0.4, -0.2) is 43.5 Å². The number of thioether (sulfide) groups is 1.